The van der Waals surface area contributed by atoms with E-state index in [1.165, 1.54) is 6.08 Å². The number of esters is 2. The number of nitrogens with one attached hydrogen (secondary N) is 1. The molecule has 22 heavy (non-hydrogen) atoms. The van der Waals surface area contributed by atoms with E-state index in [0.29, 0.717) is 0 Å². The van der Waals surface area contributed by atoms with Gasteiger partial charge >= 0.3 is 11.9 Å². The Morgan fingerprint density at radius 3 is 2.45 bits per heavy atom. The first-order valence-electron chi connectivity index (χ1n) is 6.35. The van der Waals surface area contributed by atoms with Crippen LogP contribution in [0.3, 0.4) is 0 Å². The highest BCUT2D eigenvalue weighted by atomic mass is 16.6. The minimum absolute atomic E-state index is 0.0462. The molecule has 0 radical (unpaired) electrons. The smallest absolute Gasteiger partial charge is 0.308 e. The quantitative estimate of drug-likeness (QED) is 0.826. The minimum Gasteiger partial charge on any atom is -0.451 e. The molecule has 0 fully saturated rings. The lowest BCUT2D eigenvalue weighted by atomic mass is 10.2. The molecule has 0 aromatic carbocycles. The SMILES string of the molecule is C/C=C/c1oc2c(c(=O)c1OC(C)=O)C(=O)NC2OC(C)=O. The van der Waals surface area contributed by atoms with Crippen LogP contribution in [0.1, 0.15) is 48.9 Å². The fraction of sp³-hybridized carbons (Fsp3) is 0.286. The number of carbonyl (C=O) groups excluding carboxylic acids is 3. The molecule has 8 nitrogen and oxygen atoms in total. The first-order valence-corrected chi connectivity index (χ1v) is 6.35. The monoisotopic (exact) mass is 307 g/mol. The maximum Gasteiger partial charge on any atom is 0.308 e. The van der Waals surface area contributed by atoms with Crippen molar-refractivity contribution in [1.82, 2.24) is 5.32 Å². The predicted molar refractivity (Wildman–Crippen MR) is 73.0 cm³/mol. The molecule has 1 atom stereocenters. The summed E-state index contributed by atoms with van der Waals surface area (Å²) in [4.78, 5) is 46.4. The van der Waals surface area contributed by atoms with E-state index in [0.717, 1.165) is 13.8 Å². The van der Waals surface area contributed by atoms with E-state index in [9.17, 15) is 19.2 Å². The van der Waals surface area contributed by atoms with E-state index in [4.69, 9.17) is 13.9 Å². The van der Waals surface area contributed by atoms with Gasteiger partial charge in [-0.1, -0.05) is 6.08 Å². The summed E-state index contributed by atoms with van der Waals surface area (Å²) in [6.45, 7) is 3.94. The highest BCUT2D eigenvalue weighted by molar-refractivity contribution is 5.98. The largest absolute Gasteiger partial charge is 0.451 e. The maximum absolute atomic E-state index is 12.4. The van der Waals surface area contributed by atoms with Crippen LogP contribution >= 0.6 is 0 Å². The van der Waals surface area contributed by atoms with Crippen LogP contribution < -0.4 is 15.5 Å². The zero-order valence-electron chi connectivity index (χ0n) is 12.1. The van der Waals surface area contributed by atoms with Gasteiger partial charge in [0.15, 0.2) is 11.5 Å². The summed E-state index contributed by atoms with van der Waals surface area (Å²) in [5.74, 6) is -2.71. The molecule has 116 valence electrons. The highest BCUT2D eigenvalue weighted by Gasteiger charge is 2.38. The third-order valence-corrected chi connectivity index (χ3v) is 2.70. The van der Waals surface area contributed by atoms with Gasteiger partial charge in [0.1, 0.15) is 5.56 Å². The van der Waals surface area contributed by atoms with Gasteiger partial charge in [-0.3, -0.25) is 19.2 Å². The summed E-state index contributed by atoms with van der Waals surface area (Å²) in [6.07, 6.45) is 1.76. The molecular formula is C14H13NO7. The maximum atomic E-state index is 12.4. The Hall–Kier alpha value is -2.90. The van der Waals surface area contributed by atoms with Gasteiger partial charge in [0.05, 0.1) is 0 Å². The third kappa shape index (κ3) is 2.76. The lowest BCUT2D eigenvalue weighted by Crippen LogP contribution is -2.24. The molecule has 1 aliphatic rings. The van der Waals surface area contributed by atoms with Crippen molar-refractivity contribution in [3.8, 4) is 5.75 Å². The zero-order chi connectivity index (χ0) is 16.4. The number of carbonyl (C=O) groups is 3. The van der Waals surface area contributed by atoms with Crippen LogP contribution in [0.4, 0.5) is 0 Å². The summed E-state index contributed by atoms with van der Waals surface area (Å²) in [5.41, 5.74) is -1.16. The van der Waals surface area contributed by atoms with Gasteiger partial charge in [-0.15, -0.1) is 0 Å². The molecule has 1 amide bonds. The van der Waals surface area contributed by atoms with Crippen molar-refractivity contribution in [3.63, 3.8) is 0 Å². The molecule has 1 N–H and O–H groups in total. The molecule has 8 heteroatoms. The van der Waals surface area contributed by atoms with Gasteiger partial charge < -0.3 is 19.2 Å². The Bertz CT molecular complexity index is 744. The molecule has 1 unspecified atom stereocenters. The average molecular weight is 307 g/mol. The number of hydrogen-bond acceptors (Lipinski definition) is 7. The topological polar surface area (TPSA) is 112 Å². The van der Waals surface area contributed by atoms with Crippen molar-refractivity contribution in [2.24, 2.45) is 0 Å². The van der Waals surface area contributed by atoms with E-state index in [1.54, 1.807) is 13.0 Å². The molecular weight excluding hydrogens is 294 g/mol. The summed E-state index contributed by atoms with van der Waals surface area (Å²) in [5, 5.41) is 2.30. The van der Waals surface area contributed by atoms with E-state index < -0.39 is 29.5 Å². The molecule has 1 aliphatic heterocycles. The lowest BCUT2D eigenvalue weighted by Gasteiger charge is -2.11. The van der Waals surface area contributed by atoms with Gasteiger partial charge in [-0.2, -0.15) is 0 Å². The fourth-order valence-electron chi connectivity index (χ4n) is 1.96. The van der Waals surface area contributed by atoms with Crippen molar-refractivity contribution in [3.05, 3.63) is 33.4 Å². The molecule has 0 aliphatic carbocycles. The van der Waals surface area contributed by atoms with Gasteiger partial charge in [0.25, 0.3) is 5.91 Å². The zero-order valence-corrected chi connectivity index (χ0v) is 12.1. The van der Waals surface area contributed by atoms with E-state index in [1.807, 2.05) is 0 Å². The second-order valence-corrected chi connectivity index (χ2v) is 4.42. The Morgan fingerprint density at radius 1 is 1.23 bits per heavy atom. The summed E-state index contributed by atoms with van der Waals surface area (Å²) >= 11 is 0. The lowest BCUT2D eigenvalue weighted by molar-refractivity contribution is -0.148. The van der Waals surface area contributed by atoms with E-state index in [2.05, 4.69) is 5.32 Å². The summed E-state index contributed by atoms with van der Waals surface area (Å²) in [6, 6.07) is 0. The fourth-order valence-corrected chi connectivity index (χ4v) is 1.96. The Balaban J connectivity index is 2.66. The van der Waals surface area contributed by atoms with Crippen LogP contribution in [0.2, 0.25) is 0 Å². The number of ether oxygens (including phenoxy) is 2. The second kappa shape index (κ2) is 5.84. The van der Waals surface area contributed by atoms with Crippen molar-refractivity contribution in [2.45, 2.75) is 27.0 Å². The van der Waals surface area contributed by atoms with Gasteiger partial charge in [0.2, 0.25) is 17.4 Å². The van der Waals surface area contributed by atoms with Crippen LogP contribution in [-0.4, -0.2) is 17.8 Å². The van der Waals surface area contributed by atoms with Gasteiger partial charge in [0, 0.05) is 13.8 Å². The number of amides is 1. The number of rotatable bonds is 3. The predicted octanol–water partition coefficient (Wildman–Crippen LogP) is 0.903. The second-order valence-electron chi connectivity index (χ2n) is 4.42. The third-order valence-electron chi connectivity index (χ3n) is 2.70. The molecule has 1 aromatic rings. The molecule has 0 saturated heterocycles. The normalized spacial score (nSPS) is 16.3. The highest BCUT2D eigenvalue weighted by Crippen LogP contribution is 2.29. The van der Waals surface area contributed by atoms with Crippen LogP contribution in [0.5, 0.6) is 5.75 Å². The molecule has 2 heterocycles. The molecule has 2 rings (SSSR count). The summed E-state index contributed by atoms with van der Waals surface area (Å²) < 4.78 is 15.1. The van der Waals surface area contributed by atoms with Crippen molar-refractivity contribution in [2.75, 3.05) is 0 Å². The molecule has 1 aromatic heterocycles. The number of allylic oxidation sites excluding steroid dienone is 1. The Kier molecular flexibility index (Phi) is 4.11. The van der Waals surface area contributed by atoms with Crippen LogP contribution in [0.15, 0.2) is 15.3 Å². The molecule has 0 bridgehead atoms. The standard InChI is InChI=1S/C14H13NO7/c1-4-5-8-11(20-6(2)16)10(18)9-12(22-8)14(15-13(9)19)21-7(3)17/h4-5,14H,1-3H3,(H,15,19)/b5-4+. The first kappa shape index (κ1) is 15.5. The Morgan fingerprint density at radius 2 is 1.91 bits per heavy atom. The van der Waals surface area contributed by atoms with E-state index >= 15 is 0 Å². The Labute approximate surface area is 124 Å². The number of hydrogen-bond donors (Lipinski definition) is 1. The molecule has 0 saturated carbocycles. The van der Waals surface area contributed by atoms with Crippen molar-refractivity contribution >= 4 is 23.9 Å². The van der Waals surface area contributed by atoms with Crippen LogP contribution in [0.25, 0.3) is 6.08 Å². The van der Waals surface area contributed by atoms with Crippen molar-refractivity contribution < 1.29 is 28.3 Å². The van der Waals surface area contributed by atoms with Crippen LogP contribution in [-0.2, 0) is 14.3 Å². The molecule has 0 spiro atoms. The van der Waals surface area contributed by atoms with Gasteiger partial charge in [-0.25, -0.2) is 0 Å². The van der Waals surface area contributed by atoms with Crippen LogP contribution in [0, 0.1) is 0 Å². The first-order chi connectivity index (χ1) is 10.3. The average Bonchev–Trinajstić information content (AvgIpc) is 2.69. The van der Waals surface area contributed by atoms with E-state index in [-0.39, 0.29) is 22.8 Å². The van der Waals surface area contributed by atoms with Crippen molar-refractivity contribution in [1.29, 1.82) is 0 Å². The summed E-state index contributed by atoms with van der Waals surface area (Å²) in [7, 11) is 0. The minimum atomic E-state index is -1.19. The number of fused-ring (bicyclic) bond motifs is 1. The van der Waals surface area contributed by atoms with Gasteiger partial charge in [-0.05, 0) is 13.0 Å².